The van der Waals surface area contributed by atoms with Gasteiger partial charge in [-0.25, -0.2) is 17.8 Å². The van der Waals surface area contributed by atoms with Crippen molar-refractivity contribution in [1.82, 2.24) is 9.29 Å². The molecule has 0 radical (unpaired) electrons. The number of sulfonamides is 1. The SMILES string of the molecule is [2H]C1(C(=O)Nc2ccnc(S(=O)(=O)N(Cc3ccc(OC)cc3OC)Cc3ccc(OC)cc3OC)c2)CC(OC)(C(F)(F)F)CN1c1ccc(F)c(F)c1OC. The van der Waals surface area contributed by atoms with Gasteiger partial charge in [0.1, 0.15) is 29.0 Å². The third-order valence-corrected chi connectivity index (χ3v) is 10.9. The summed E-state index contributed by atoms with van der Waals surface area (Å²) in [5.41, 5.74) is -3.09. The van der Waals surface area contributed by atoms with E-state index >= 15 is 0 Å². The summed E-state index contributed by atoms with van der Waals surface area (Å²) >= 11 is 0. The maximum atomic E-state index is 14.8. The molecule has 2 unspecified atom stereocenters. The molecule has 0 saturated carbocycles. The van der Waals surface area contributed by atoms with E-state index in [1.165, 1.54) is 28.4 Å². The molecule has 302 valence electrons. The van der Waals surface area contributed by atoms with E-state index in [1.54, 1.807) is 36.4 Å². The minimum absolute atomic E-state index is 0.275. The molecular weight excluding hydrogens is 771 g/mol. The number of pyridine rings is 1. The van der Waals surface area contributed by atoms with Gasteiger partial charge >= 0.3 is 6.18 Å². The number of nitrogens with one attached hydrogen (secondary N) is 1. The molecule has 1 saturated heterocycles. The number of carbonyl (C=O) groups is 1. The quantitative estimate of drug-likeness (QED) is 0.143. The Balaban J connectivity index is 1.55. The van der Waals surface area contributed by atoms with Gasteiger partial charge in [-0.15, -0.1) is 0 Å². The molecule has 0 bridgehead atoms. The fourth-order valence-electron chi connectivity index (χ4n) is 6.11. The second-order valence-electron chi connectivity index (χ2n) is 12.3. The lowest BCUT2D eigenvalue weighted by molar-refractivity contribution is -0.261. The lowest BCUT2D eigenvalue weighted by Gasteiger charge is -2.31. The Kier molecular flexibility index (Phi) is 12.1. The van der Waals surface area contributed by atoms with E-state index < -0.39 is 74.8 Å². The van der Waals surface area contributed by atoms with Crippen LogP contribution in [0.5, 0.6) is 28.7 Å². The number of hydrogen-bond donors (Lipinski definition) is 1. The molecule has 1 aliphatic rings. The predicted molar refractivity (Wildman–Crippen MR) is 193 cm³/mol. The van der Waals surface area contributed by atoms with Crippen LogP contribution in [0.4, 0.5) is 33.3 Å². The smallest absolute Gasteiger partial charge is 0.419 e. The summed E-state index contributed by atoms with van der Waals surface area (Å²) in [7, 11) is 2.78. The molecule has 2 atom stereocenters. The Labute approximate surface area is 321 Å². The van der Waals surface area contributed by atoms with Crippen molar-refractivity contribution in [3.8, 4) is 28.7 Å². The first kappa shape index (κ1) is 40.3. The Hall–Kier alpha value is -5.40. The van der Waals surface area contributed by atoms with Gasteiger partial charge in [0.2, 0.25) is 11.7 Å². The minimum Gasteiger partial charge on any atom is -0.497 e. The van der Waals surface area contributed by atoms with Gasteiger partial charge in [-0.3, -0.25) is 4.79 Å². The highest BCUT2D eigenvalue weighted by Gasteiger charge is 2.63. The first-order valence-electron chi connectivity index (χ1n) is 17.0. The van der Waals surface area contributed by atoms with Crippen molar-refractivity contribution >= 4 is 27.3 Å². The number of aromatic nitrogens is 1. The van der Waals surface area contributed by atoms with Gasteiger partial charge in [-0.2, -0.15) is 21.9 Å². The zero-order valence-corrected chi connectivity index (χ0v) is 31.8. The number of alkyl halides is 3. The van der Waals surface area contributed by atoms with Crippen LogP contribution in [0.3, 0.4) is 0 Å². The number of halogens is 5. The van der Waals surface area contributed by atoms with Crippen molar-refractivity contribution in [2.75, 3.05) is 59.4 Å². The molecule has 1 fully saturated rings. The van der Waals surface area contributed by atoms with Crippen LogP contribution < -0.4 is 33.9 Å². The average molecular weight is 812 g/mol. The highest BCUT2D eigenvalue weighted by atomic mass is 32.2. The number of rotatable bonds is 15. The standard InChI is InChI=1S/C37H39F5N4O9S/c1-50-25-9-7-22(30(16-25)52-3)19-45(20-23-8-10-26(51-2)17-31(23)53-4)56(48,49)32-15-24(13-14-43-32)44-35(47)29-18-36(55-6,37(40,41)42)21-46(29)28-12-11-27(38)33(39)34(28)54-5/h7-17,29H,18-21H2,1-6H3,(H,43,44,47)/i29D. The monoisotopic (exact) mass is 811 g/mol. The third kappa shape index (κ3) is 8.24. The summed E-state index contributed by atoms with van der Waals surface area (Å²) in [6.07, 6.45) is -5.43. The zero-order chi connectivity index (χ0) is 41.9. The molecule has 4 aromatic rings. The number of carbonyl (C=O) groups excluding carboxylic acids is 1. The van der Waals surface area contributed by atoms with Gasteiger partial charge < -0.3 is 38.6 Å². The molecule has 1 aliphatic heterocycles. The lowest BCUT2D eigenvalue weighted by Crippen LogP contribution is -2.49. The van der Waals surface area contributed by atoms with E-state index in [-0.39, 0.29) is 18.8 Å². The van der Waals surface area contributed by atoms with E-state index in [0.717, 1.165) is 42.9 Å². The number of benzene rings is 3. The van der Waals surface area contributed by atoms with Crippen LogP contribution >= 0.6 is 0 Å². The molecule has 1 N–H and O–H groups in total. The first-order valence-corrected chi connectivity index (χ1v) is 18.0. The van der Waals surface area contributed by atoms with E-state index in [4.69, 9.17) is 28.4 Å². The van der Waals surface area contributed by atoms with E-state index in [0.29, 0.717) is 45.1 Å². The minimum atomic E-state index is -5.14. The van der Waals surface area contributed by atoms with Crippen molar-refractivity contribution in [3.63, 3.8) is 0 Å². The normalized spacial score (nSPS) is 18.7. The summed E-state index contributed by atoms with van der Waals surface area (Å²) in [5.74, 6) is -3.71. The van der Waals surface area contributed by atoms with Gasteiger partial charge in [0.05, 0.1) is 49.2 Å². The van der Waals surface area contributed by atoms with Crippen LogP contribution in [0.25, 0.3) is 0 Å². The van der Waals surface area contributed by atoms with Crippen molar-refractivity contribution in [3.05, 3.63) is 89.6 Å². The fraction of sp³-hybridized carbons (Fsp3) is 0.351. The maximum absolute atomic E-state index is 14.8. The van der Waals surface area contributed by atoms with Gasteiger partial charge in [-0.1, -0.05) is 12.1 Å². The lowest BCUT2D eigenvalue weighted by atomic mass is 9.99. The number of methoxy groups -OCH3 is 6. The van der Waals surface area contributed by atoms with Crippen LogP contribution in [-0.2, 0) is 32.6 Å². The van der Waals surface area contributed by atoms with Gasteiger partial charge in [0, 0.05) is 67.8 Å². The van der Waals surface area contributed by atoms with Crippen molar-refractivity contribution in [2.45, 2.75) is 42.3 Å². The molecule has 56 heavy (non-hydrogen) atoms. The van der Waals surface area contributed by atoms with Crippen molar-refractivity contribution in [2.24, 2.45) is 0 Å². The number of anilines is 2. The van der Waals surface area contributed by atoms with Crippen LogP contribution in [-0.4, -0.2) is 90.6 Å². The summed E-state index contributed by atoms with van der Waals surface area (Å²) in [5, 5.41) is 1.73. The van der Waals surface area contributed by atoms with Crippen molar-refractivity contribution in [1.29, 1.82) is 0 Å². The highest BCUT2D eigenvalue weighted by molar-refractivity contribution is 7.89. The van der Waals surface area contributed by atoms with E-state index in [1.807, 2.05) is 0 Å². The summed E-state index contributed by atoms with van der Waals surface area (Å²) in [6, 6.07) is 10.3. The van der Waals surface area contributed by atoms with Gasteiger partial charge in [0.25, 0.3) is 10.0 Å². The van der Waals surface area contributed by atoms with Gasteiger partial charge in [0.15, 0.2) is 22.2 Å². The second kappa shape index (κ2) is 16.8. The topological polar surface area (TPSA) is 138 Å². The van der Waals surface area contributed by atoms with Crippen LogP contribution in [0.15, 0.2) is 71.9 Å². The molecule has 19 heteroatoms. The zero-order valence-electron chi connectivity index (χ0n) is 32.0. The van der Waals surface area contributed by atoms with Crippen LogP contribution in [0, 0.1) is 11.6 Å². The summed E-state index contributed by atoms with van der Waals surface area (Å²) in [4.78, 5) is 18.7. The van der Waals surface area contributed by atoms with Crippen LogP contribution in [0.1, 0.15) is 18.9 Å². The van der Waals surface area contributed by atoms with Crippen molar-refractivity contribution < 1.29 is 65.0 Å². The largest absolute Gasteiger partial charge is 0.497 e. The molecule has 1 aromatic heterocycles. The average Bonchev–Trinajstić information content (AvgIpc) is 3.53. The Morgan fingerprint density at radius 3 is 1.98 bits per heavy atom. The number of ether oxygens (including phenoxy) is 6. The Morgan fingerprint density at radius 2 is 1.48 bits per heavy atom. The van der Waals surface area contributed by atoms with Crippen LogP contribution in [0.2, 0.25) is 0 Å². The fourth-order valence-corrected chi connectivity index (χ4v) is 7.46. The summed E-state index contributed by atoms with van der Waals surface area (Å²) < 4.78 is 143. The molecule has 2 heterocycles. The summed E-state index contributed by atoms with van der Waals surface area (Å²) in [6.45, 7) is -1.75. The molecule has 5 rings (SSSR count). The predicted octanol–water partition coefficient (Wildman–Crippen LogP) is 5.96. The maximum Gasteiger partial charge on any atom is 0.419 e. The number of hydrogen-bond acceptors (Lipinski definition) is 11. The second-order valence-corrected chi connectivity index (χ2v) is 14.2. The van der Waals surface area contributed by atoms with E-state index in [9.17, 15) is 36.5 Å². The Morgan fingerprint density at radius 1 is 0.893 bits per heavy atom. The number of amides is 1. The third-order valence-electron chi connectivity index (χ3n) is 9.16. The first-order chi connectivity index (χ1) is 26.9. The molecular formula is C37H39F5N4O9S. The molecule has 3 aromatic carbocycles. The van der Waals surface area contributed by atoms with Gasteiger partial charge in [-0.05, 0) is 30.3 Å². The molecule has 13 nitrogen and oxygen atoms in total. The number of nitrogens with zero attached hydrogens (tertiary/aromatic N) is 3. The Bertz CT molecular complexity index is 2180. The molecule has 0 aliphatic carbocycles. The van der Waals surface area contributed by atoms with E-state index in [2.05, 4.69) is 10.3 Å². The molecule has 1 amide bonds. The highest BCUT2D eigenvalue weighted by Crippen LogP contribution is 2.47. The molecule has 0 spiro atoms.